The van der Waals surface area contributed by atoms with Crippen LogP contribution in [0.1, 0.15) is 120 Å². The summed E-state index contributed by atoms with van der Waals surface area (Å²) >= 11 is 0. The number of unbranched alkanes of at least 4 members (excludes halogenated alkanes) is 4. The van der Waals surface area contributed by atoms with Crippen molar-refractivity contribution in [3.05, 3.63) is 35.4 Å². The highest BCUT2D eigenvalue weighted by Crippen LogP contribution is 2.65. The van der Waals surface area contributed by atoms with Gasteiger partial charge in [0.1, 0.15) is 0 Å². The summed E-state index contributed by atoms with van der Waals surface area (Å²) < 4.78 is 0. The highest BCUT2D eigenvalue weighted by Gasteiger charge is 2.62. The Morgan fingerprint density at radius 2 is 1.69 bits per heavy atom. The molecule has 4 fully saturated rings. The summed E-state index contributed by atoms with van der Waals surface area (Å²) in [6.45, 7) is 8.07. The number of carbonyl (C=O) groups excluding carboxylic acids is 2. The van der Waals surface area contributed by atoms with Crippen LogP contribution in [0.25, 0.3) is 0 Å². The number of carbonyl (C=O) groups is 2. The van der Waals surface area contributed by atoms with Crippen LogP contribution in [0.4, 0.5) is 0 Å². The molecular formula is C34H49N3O2. The summed E-state index contributed by atoms with van der Waals surface area (Å²) in [6, 6.07) is 10.1. The van der Waals surface area contributed by atoms with Gasteiger partial charge in [-0.25, -0.2) is 0 Å². The molecule has 1 aromatic rings. The SMILES string of the molecule is CCCCCCCN(C(=O)c1ccc(C#N)cc1)[C@H]1CC[C@H]2[C@@H]3CC[C@H]4N(C)C(=O)CC[C@]4(C)[C@H]3CC[C@]12C. The first-order chi connectivity index (χ1) is 18.7. The van der Waals surface area contributed by atoms with Gasteiger partial charge in [-0.15, -0.1) is 0 Å². The molecule has 1 heterocycles. The first-order valence-electron chi connectivity index (χ1n) is 15.8. The minimum Gasteiger partial charge on any atom is -0.342 e. The average Bonchev–Trinajstić information content (AvgIpc) is 3.29. The molecule has 4 aliphatic rings. The van der Waals surface area contributed by atoms with Gasteiger partial charge in [0.05, 0.1) is 11.6 Å². The van der Waals surface area contributed by atoms with E-state index < -0.39 is 0 Å². The molecule has 0 spiro atoms. The van der Waals surface area contributed by atoms with E-state index in [4.69, 9.17) is 0 Å². The van der Waals surface area contributed by atoms with Gasteiger partial charge in [-0.3, -0.25) is 9.59 Å². The van der Waals surface area contributed by atoms with Crippen LogP contribution in [0.15, 0.2) is 24.3 Å². The lowest BCUT2D eigenvalue weighted by Crippen LogP contribution is -2.62. The van der Waals surface area contributed by atoms with Gasteiger partial charge in [0.25, 0.3) is 5.91 Å². The normalized spacial score (nSPS) is 35.5. The number of rotatable bonds is 8. The van der Waals surface area contributed by atoms with Gasteiger partial charge in [-0.2, -0.15) is 5.26 Å². The first-order valence-corrected chi connectivity index (χ1v) is 15.8. The lowest BCUT2D eigenvalue weighted by Gasteiger charge is -2.62. The molecule has 0 N–H and O–H groups in total. The predicted octanol–water partition coefficient (Wildman–Crippen LogP) is 7.20. The van der Waals surface area contributed by atoms with E-state index in [1.165, 1.54) is 51.4 Å². The Morgan fingerprint density at radius 3 is 2.41 bits per heavy atom. The van der Waals surface area contributed by atoms with E-state index in [0.29, 0.717) is 47.3 Å². The van der Waals surface area contributed by atoms with Gasteiger partial charge in [-0.05, 0) is 104 Å². The molecule has 1 aliphatic heterocycles. The third kappa shape index (κ3) is 4.91. The molecule has 3 aliphatic carbocycles. The van der Waals surface area contributed by atoms with Gasteiger partial charge in [0.15, 0.2) is 0 Å². The quantitative estimate of drug-likeness (QED) is 0.333. The van der Waals surface area contributed by atoms with Crippen LogP contribution in [0.3, 0.4) is 0 Å². The largest absolute Gasteiger partial charge is 0.342 e. The zero-order valence-corrected chi connectivity index (χ0v) is 24.8. The Bertz CT molecular complexity index is 1090. The van der Waals surface area contributed by atoms with Crippen LogP contribution < -0.4 is 0 Å². The van der Waals surface area contributed by atoms with Crippen molar-refractivity contribution in [3.63, 3.8) is 0 Å². The van der Waals surface area contributed by atoms with Crippen molar-refractivity contribution in [2.45, 2.75) is 116 Å². The third-order valence-corrected chi connectivity index (χ3v) is 11.9. The van der Waals surface area contributed by atoms with Crippen molar-refractivity contribution in [2.75, 3.05) is 13.6 Å². The fourth-order valence-corrected chi connectivity index (χ4v) is 9.77. The summed E-state index contributed by atoms with van der Waals surface area (Å²) in [5.74, 6) is 2.51. The fourth-order valence-electron chi connectivity index (χ4n) is 9.77. The maximum Gasteiger partial charge on any atom is 0.254 e. The van der Waals surface area contributed by atoms with E-state index in [2.05, 4.69) is 36.6 Å². The molecule has 212 valence electrons. The minimum atomic E-state index is 0.145. The monoisotopic (exact) mass is 531 g/mol. The summed E-state index contributed by atoms with van der Waals surface area (Å²) in [7, 11) is 2.04. The molecule has 5 nitrogen and oxygen atoms in total. The molecule has 0 aromatic heterocycles. The van der Waals surface area contributed by atoms with E-state index in [-0.39, 0.29) is 22.8 Å². The van der Waals surface area contributed by atoms with Crippen molar-refractivity contribution >= 4 is 11.8 Å². The number of nitrogens with zero attached hydrogens (tertiary/aromatic N) is 3. The van der Waals surface area contributed by atoms with Crippen molar-refractivity contribution in [2.24, 2.45) is 28.6 Å². The summed E-state index contributed by atoms with van der Waals surface area (Å²) in [4.78, 5) is 30.9. The lowest BCUT2D eigenvalue weighted by molar-refractivity contribution is -0.158. The van der Waals surface area contributed by atoms with Crippen molar-refractivity contribution < 1.29 is 9.59 Å². The molecular weight excluding hydrogens is 482 g/mol. The van der Waals surface area contributed by atoms with Gasteiger partial charge in [-0.1, -0.05) is 46.5 Å². The second kappa shape index (κ2) is 11.3. The van der Waals surface area contributed by atoms with Crippen LogP contribution >= 0.6 is 0 Å². The molecule has 39 heavy (non-hydrogen) atoms. The molecule has 3 saturated carbocycles. The Hall–Kier alpha value is -2.35. The Morgan fingerprint density at radius 1 is 0.974 bits per heavy atom. The first kappa shape index (κ1) is 28.2. The van der Waals surface area contributed by atoms with E-state index in [1.807, 2.05) is 19.2 Å². The average molecular weight is 532 g/mol. The highest BCUT2D eigenvalue weighted by molar-refractivity contribution is 5.94. The van der Waals surface area contributed by atoms with Crippen LogP contribution in [0, 0.1) is 39.9 Å². The molecule has 0 radical (unpaired) electrons. The van der Waals surface area contributed by atoms with Crippen LogP contribution in [-0.2, 0) is 4.79 Å². The van der Waals surface area contributed by atoms with Crippen LogP contribution in [-0.4, -0.2) is 47.3 Å². The minimum absolute atomic E-state index is 0.145. The Kier molecular flexibility index (Phi) is 8.14. The summed E-state index contributed by atoms with van der Waals surface area (Å²) in [5.41, 5.74) is 1.68. The third-order valence-electron chi connectivity index (χ3n) is 11.9. The number of amides is 2. The van der Waals surface area contributed by atoms with Crippen LogP contribution in [0.2, 0.25) is 0 Å². The number of hydrogen-bond donors (Lipinski definition) is 0. The van der Waals surface area contributed by atoms with E-state index in [0.717, 1.165) is 32.2 Å². The van der Waals surface area contributed by atoms with Gasteiger partial charge < -0.3 is 9.80 Å². The number of hydrogen-bond acceptors (Lipinski definition) is 3. The second-order valence-corrected chi connectivity index (χ2v) is 13.7. The fraction of sp³-hybridized carbons (Fsp3) is 0.735. The number of fused-ring (bicyclic) bond motifs is 5. The zero-order chi connectivity index (χ0) is 27.8. The van der Waals surface area contributed by atoms with E-state index in [9.17, 15) is 14.9 Å². The maximum atomic E-state index is 14.1. The maximum absolute atomic E-state index is 14.1. The van der Waals surface area contributed by atoms with Crippen molar-refractivity contribution in [1.82, 2.24) is 9.80 Å². The Balaban J connectivity index is 1.38. The number of likely N-dealkylation sites (tertiary alicyclic amines) is 1. The van der Waals surface area contributed by atoms with Gasteiger partial charge >= 0.3 is 0 Å². The molecule has 0 unspecified atom stereocenters. The lowest BCUT2D eigenvalue weighted by atomic mass is 9.47. The van der Waals surface area contributed by atoms with E-state index >= 15 is 0 Å². The zero-order valence-electron chi connectivity index (χ0n) is 24.8. The summed E-state index contributed by atoms with van der Waals surface area (Å²) in [6.07, 6.45) is 14.7. The molecule has 7 atom stereocenters. The molecule has 5 heteroatoms. The predicted molar refractivity (Wildman–Crippen MR) is 155 cm³/mol. The van der Waals surface area contributed by atoms with E-state index in [1.54, 1.807) is 12.1 Å². The molecule has 0 bridgehead atoms. The number of benzene rings is 1. The molecule has 1 saturated heterocycles. The highest BCUT2D eigenvalue weighted by atomic mass is 16.2. The topological polar surface area (TPSA) is 64.4 Å². The van der Waals surface area contributed by atoms with Crippen molar-refractivity contribution in [1.29, 1.82) is 5.26 Å². The second-order valence-electron chi connectivity index (χ2n) is 13.7. The number of piperidine rings is 1. The standard InChI is InChI=1S/C34H49N3O2/c1-5-6-7-8-9-22-37(32(39)25-12-10-24(23-35)11-13-25)30-17-15-27-26-14-16-29-33(2,21-19-31(38)36(29)4)28(26)18-20-34(27,30)3/h10-13,26-30H,5-9,14-22H2,1-4H3/t26-,27-,28-,29+,30-,33+,34-/m0/s1. The Labute approximate surface area is 236 Å². The molecule has 5 rings (SSSR count). The molecule has 1 aromatic carbocycles. The molecule has 2 amide bonds. The van der Waals surface area contributed by atoms with Crippen LogP contribution in [0.5, 0.6) is 0 Å². The van der Waals surface area contributed by atoms with Gasteiger partial charge in [0, 0.05) is 37.7 Å². The number of nitriles is 1. The van der Waals surface area contributed by atoms with Gasteiger partial charge in [0.2, 0.25) is 5.91 Å². The summed E-state index contributed by atoms with van der Waals surface area (Å²) in [5, 5.41) is 9.25. The smallest absolute Gasteiger partial charge is 0.254 e. The van der Waals surface area contributed by atoms with Crippen molar-refractivity contribution in [3.8, 4) is 6.07 Å².